The Balaban J connectivity index is 2.21. The first-order chi connectivity index (χ1) is 9.52. The van der Waals surface area contributed by atoms with Crippen molar-refractivity contribution in [3.63, 3.8) is 0 Å². The Hall–Kier alpha value is -2.48. The highest BCUT2D eigenvalue weighted by molar-refractivity contribution is 7.11. The van der Waals surface area contributed by atoms with Gasteiger partial charge in [-0.2, -0.15) is 4.37 Å². The van der Waals surface area contributed by atoms with Gasteiger partial charge in [-0.25, -0.2) is 9.78 Å². The van der Waals surface area contributed by atoms with Crippen LogP contribution in [0.3, 0.4) is 0 Å². The van der Waals surface area contributed by atoms with Crippen molar-refractivity contribution in [3.05, 3.63) is 35.2 Å². The van der Waals surface area contributed by atoms with Gasteiger partial charge < -0.3 is 15.2 Å². The number of ether oxygens (including phenoxy) is 1. The maximum absolute atomic E-state index is 12.0. The van der Waals surface area contributed by atoms with E-state index >= 15 is 0 Å². The van der Waals surface area contributed by atoms with E-state index in [-0.39, 0.29) is 10.6 Å². The summed E-state index contributed by atoms with van der Waals surface area (Å²) in [6.07, 6.45) is 1.35. The molecule has 0 saturated carbocycles. The topological polar surface area (TPSA) is 101 Å². The average Bonchev–Trinajstić information content (AvgIpc) is 2.79. The van der Waals surface area contributed by atoms with Gasteiger partial charge in [0.1, 0.15) is 10.6 Å². The van der Waals surface area contributed by atoms with Crippen LogP contribution >= 0.6 is 11.5 Å². The summed E-state index contributed by atoms with van der Waals surface area (Å²) < 4.78 is 8.82. The number of carboxylic acid groups (broad SMARTS) is 1. The highest BCUT2D eigenvalue weighted by Gasteiger charge is 2.19. The van der Waals surface area contributed by atoms with Crippen molar-refractivity contribution < 1.29 is 19.4 Å². The minimum atomic E-state index is -1.13. The Labute approximate surface area is 118 Å². The van der Waals surface area contributed by atoms with Gasteiger partial charge in [0.2, 0.25) is 5.88 Å². The Bertz CT molecular complexity index is 651. The van der Waals surface area contributed by atoms with E-state index in [9.17, 15) is 9.59 Å². The fourth-order valence-corrected chi connectivity index (χ4v) is 2.30. The number of methoxy groups -OCH3 is 1. The number of nitrogens with zero attached hydrogens (tertiary/aromatic N) is 2. The molecule has 8 heteroatoms. The lowest BCUT2D eigenvalue weighted by Gasteiger charge is -2.04. The number of aromatic carboxylic acids is 1. The summed E-state index contributed by atoms with van der Waals surface area (Å²) in [4.78, 5) is 27.0. The van der Waals surface area contributed by atoms with E-state index in [1.807, 2.05) is 0 Å². The second-order valence-corrected chi connectivity index (χ2v) is 4.59. The molecule has 2 N–H and O–H groups in total. The van der Waals surface area contributed by atoms with Crippen molar-refractivity contribution in [1.82, 2.24) is 9.36 Å². The van der Waals surface area contributed by atoms with Gasteiger partial charge in [0.05, 0.1) is 18.4 Å². The third-order valence-electron chi connectivity index (χ3n) is 2.51. The summed E-state index contributed by atoms with van der Waals surface area (Å²) >= 11 is 0.927. The van der Waals surface area contributed by atoms with Crippen LogP contribution in [0.5, 0.6) is 5.88 Å². The predicted octanol–water partition coefficient (Wildman–Crippen LogP) is 1.81. The number of anilines is 1. The fourth-order valence-electron chi connectivity index (χ4n) is 1.52. The second-order valence-electron chi connectivity index (χ2n) is 3.82. The summed E-state index contributed by atoms with van der Waals surface area (Å²) in [7, 11) is 1.47. The molecular weight excluding hydrogens is 282 g/mol. The largest absolute Gasteiger partial charge is 0.481 e. The summed E-state index contributed by atoms with van der Waals surface area (Å²) in [6, 6.07) is 3.08. The van der Waals surface area contributed by atoms with Crippen LogP contribution < -0.4 is 10.1 Å². The molecule has 0 unspecified atom stereocenters. The van der Waals surface area contributed by atoms with Gasteiger partial charge in [-0.05, 0) is 24.5 Å². The van der Waals surface area contributed by atoms with E-state index in [1.54, 1.807) is 13.0 Å². The van der Waals surface area contributed by atoms with E-state index in [1.165, 1.54) is 19.4 Å². The Kier molecular flexibility index (Phi) is 3.94. The van der Waals surface area contributed by atoms with Gasteiger partial charge in [0, 0.05) is 12.3 Å². The molecule has 0 fully saturated rings. The standard InChI is InChI=1S/C12H11N3O4S/c1-6-9(12(17)18)11(20-15-6)14-10(16)7-3-4-8(19-2)13-5-7/h3-5H,1-2H3,(H,14,16)(H,17,18). The summed E-state index contributed by atoms with van der Waals surface area (Å²) in [5.74, 6) is -1.19. The molecule has 0 aromatic carbocycles. The first-order valence-corrected chi connectivity index (χ1v) is 6.31. The van der Waals surface area contributed by atoms with Gasteiger partial charge in [-0.15, -0.1) is 0 Å². The van der Waals surface area contributed by atoms with Crippen LogP contribution in [-0.2, 0) is 0 Å². The number of carbonyl (C=O) groups is 2. The molecule has 2 rings (SSSR count). The van der Waals surface area contributed by atoms with Crippen LogP contribution in [0, 0.1) is 6.92 Å². The smallest absolute Gasteiger partial charge is 0.340 e. The van der Waals surface area contributed by atoms with Gasteiger partial charge in [-0.3, -0.25) is 4.79 Å². The monoisotopic (exact) mass is 293 g/mol. The Morgan fingerprint density at radius 2 is 2.15 bits per heavy atom. The van der Waals surface area contributed by atoms with Crippen molar-refractivity contribution in [2.24, 2.45) is 0 Å². The molecule has 0 saturated heterocycles. The highest BCUT2D eigenvalue weighted by Crippen LogP contribution is 2.25. The first-order valence-electron chi connectivity index (χ1n) is 5.54. The van der Waals surface area contributed by atoms with Crippen LogP contribution in [0.2, 0.25) is 0 Å². The Morgan fingerprint density at radius 3 is 2.70 bits per heavy atom. The lowest BCUT2D eigenvalue weighted by atomic mass is 10.2. The maximum atomic E-state index is 12.0. The lowest BCUT2D eigenvalue weighted by Crippen LogP contribution is -2.13. The normalized spacial score (nSPS) is 10.1. The second kappa shape index (κ2) is 5.66. The zero-order chi connectivity index (χ0) is 14.7. The molecule has 7 nitrogen and oxygen atoms in total. The SMILES string of the molecule is COc1ccc(C(=O)Nc2snc(C)c2C(=O)O)cn1. The summed E-state index contributed by atoms with van der Waals surface area (Å²) in [5.41, 5.74) is 0.670. The van der Waals surface area contributed by atoms with Crippen molar-refractivity contribution in [2.75, 3.05) is 12.4 Å². The molecule has 1 amide bonds. The molecule has 2 heterocycles. The molecule has 0 aliphatic carbocycles. The van der Waals surface area contributed by atoms with Crippen molar-refractivity contribution in [1.29, 1.82) is 0 Å². The number of rotatable bonds is 4. The van der Waals surface area contributed by atoms with Crippen LogP contribution in [0.25, 0.3) is 0 Å². The third kappa shape index (κ3) is 2.75. The number of aryl methyl sites for hydroxylation is 1. The van der Waals surface area contributed by atoms with Gasteiger partial charge in [0.15, 0.2) is 0 Å². The first kappa shape index (κ1) is 13.9. The fraction of sp³-hybridized carbons (Fsp3) is 0.167. The third-order valence-corrected chi connectivity index (χ3v) is 3.37. The van der Waals surface area contributed by atoms with E-state index in [0.29, 0.717) is 17.1 Å². The molecule has 0 spiro atoms. The van der Waals surface area contributed by atoms with Gasteiger partial charge in [0.25, 0.3) is 5.91 Å². The zero-order valence-electron chi connectivity index (χ0n) is 10.7. The molecule has 0 aliphatic rings. The van der Waals surface area contributed by atoms with Gasteiger partial charge in [-0.1, -0.05) is 0 Å². The summed E-state index contributed by atoms with van der Waals surface area (Å²) in [6.45, 7) is 1.57. The molecule has 2 aromatic rings. The maximum Gasteiger partial charge on any atom is 0.340 e. The number of amides is 1. The molecule has 104 valence electrons. The molecule has 0 bridgehead atoms. The van der Waals surface area contributed by atoms with Crippen LogP contribution in [0.4, 0.5) is 5.00 Å². The molecule has 0 aliphatic heterocycles. The average molecular weight is 293 g/mol. The number of hydrogen-bond acceptors (Lipinski definition) is 6. The molecule has 20 heavy (non-hydrogen) atoms. The Morgan fingerprint density at radius 1 is 1.40 bits per heavy atom. The van der Waals surface area contributed by atoms with E-state index < -0.39 is 11.9 Å². The quantitative estimate of drug-likeness (QED) is 0.891. The molecule has 0 atom stereocenters. The van der Waals surface area contributed by atoms with E-state index in [2.05, 4.69) is 14.7 Å². The van der Waals surface area contributed by atoms with Crippen LogP contribution in [0.15, 0.2) is 18.3 Å². The highest BCUT2D eigenvalue weighted by atomic mass is 32.1. The zero-order valence-corrected chi connectivity index (χ0v) is 11.5. The molecule has 2 aromatic heterocycles. The van der Waals surface area contributed by atoms with E-state index in [4.69, 9.17) is 9.84 Å². The number of carboxylic acids is 1. The predicted molar refractivity (Wildman–Crippen MR) is 72.6 cm³/mol. The molecule has 0 radical (unpaired) electrons. The summed E-state index contributed by atoms with van der Waals surface area (Å²) in [5, 5.41) is 11.8. The minimum Gasteiger partial charge on any atom is -0.481 e. The van der Waals surface area contributed by atoms with Crippen molar-refractivity contribution in [2.45, 2.75) is 6.92 Å². The van der Waals surface area contributed by atoms with Crippen LogP contribution in [-0.4, -0.2) is 33.5 Å². The number of aromatic nitrogens is 2. The van der Waals surface area contributed by atoms with Gasteiger partial charge >= 0.3 is 5.97 Å². The van der Waals surface area contributed by atoms with Crippen molar-refractivity contribution >= 4 is 28.4 Å². The lowest BCUT2D eigenvalue weighted by molar-refractivity contribution is 0.0697. The van der Waals surface area contributed by atoms with Crippen LogP contribution in [0.1, 0.15) is 26.4 Å². The van der Waals surface area contributed by atoms with Crippen molar-refractivity contribution in [3.8, 4) is 5.88 Å². The number of carbonyl (C=O) groups excluding carboxylic acids is 1. The number of pyridine rings is 1. The molecular formula is C12H11N3O4S. The minimum absolute atomic E-state index is 0.00446. The number of hydrogen-bond donors (Lipinski definition) is 2. The van der Waals surface area contributed by atoms with E-state index in [0.717, 1.165) is 11.5 Å². The number of nitrogens with one attached hydrogen (secondary N) is 1.